The van der Waals surface area contributed by atoms with Gasteiger partial charge in [-0.2, -0.15) is 0 Å². The average molecular weight is 335 g/mol. The van der Waals surface area contributed by atoms with Crippen molar-refractivity contribution in [2.24, 2.45) is 5.73 Å². The summed E-state index contributed by atoms with van der Waals surface area (Å²) in [6.07, 6.45) is 0.162. The Morgan fingerprint density at radius 1 is 1.04 bits per heavy atom. The van der Waals surface area contributed by atoms with E-state index in [1.165, 1.54) is 11.1 Å². The van der Waals surface area contributed by atoms with Crippen LogP contribution in [0.1, 0.15) is 16.7 Å². The van der Waals surface area contributed by atoms with Crippen LogP contribution < -0.4 is 5.73 Å². The molecule has 0 spiro atoms. The van der Waals surface area contributed by atoms with Gasteiger partial charge in [0.05, 0.1) is 6.10 Å². The molecule has 0 amide bonds. The van der Waals surface area contributed by atoms with E-state index in [1.54, 1.807) is 0 Å². The molecule has 0 unspecified atom stereocenters. The summed E-state index contributed by atoms with van der Waals surface area (Å²) in [7, 11) is 2.01. The lowest BCUT2D eigenvalue weighted by Crippen LogP contribution is -2.43. The van der Waals surface area contributed by atoms with Crippen molar-refractivity contribution >= 4 is 12.4 Å². The van der Waals surface area contributed by atoms with Gasteiger partial charge in [-0.05, 0) is 31.5 Å². The van der Waals surface area contributed by atoms with E-state index in [4.69, 9.17) is 5.73 Å². The van der Waals surface area contributed by atoms with E-state index in [0.717, 1.165) is 12.1 Å². The van der Waals surface area contributed by atoms with Crippen LogP contribution in [-0.2, 0) is 13.0 Å². The van der Waals surface area contributed by atoms with Gasteiger partial charge in [0.2, 0.25) is 0 Å². The standard InChI is InChI=1S/C19H26N2O.ClH/c1-15-7-6-10-17(11-15)13-21(2)14-19(22)18(20)12-16-8-4-3-5-9-16;/h3-11,18-19,22H,12-14,20H2,1-2H3;1H/t18-,19+;/m0./s1. The fourth-order valence-electron chi connectivity index (χ4n) is 2.66. The zero-order chi connectivity index (χ0) is 15.9. The van der Waals surface area contributed by atoms with Gasteiger partial charge in [-0.3, -0.25) is 4.90 Å². The number of halogens is 1. The molecular weight excluding hydrogens is 308 g/mol. The summed E-state index contributed by atoms with van der Waals surface area (Å²) in [6, 6.07) is 18.3. The minimum atomic E-state index is -0.532. The first-order chi connectivity index (χ1) is 10.5. The number of hydrogen-bond donors (Lipinski definition) is 2. The largest absolute Gasteiger partial charge is 0.390 e. The minimum Gasteiger partial charge on any atom is -0.390 e. The maximum atomic E-state index is 10.3. The molecule has 126 valence electrons. The summed E-state index contributed by atoms with van der Waals surface area (Å²) in [5.74, 6) is 0. The summed E-state index contributed by atoms with van der Waals surface area (Å²) >= 11 is 0. The van der Waals surface area contributed by atoms with Gasteiger partial charge in [0.25, 0.3) is 0 Å². The van der Waals surface area contributed by atoms with Gasteiger partial charge in [0, 0.05) is 19.1 Å². The number of nitrogens with two attached hydrogens (primary N) is 1. The molecule has 0 saturated carbocycles. The number of rotatable bonds is 7. The highest BCUT2D eigenvalue weighted by molar-refractivity contribution is 5.85. The van der Waals surface area contributed by atoms with E-state index >= 15 is 0 Å². The van der Waals surface area contributed by atoms with Crippen molar-refractivity contribution < 1.29 is 5.11 Å². The van der Waals surface area contributed by atoms with Gasteiger partial charge in [-0.15, -0.1) is 12.4 Å². The van der Waals surface area contributed by atoms with Crippen LogP contribution in [0.3, 0.4) is 0 Å². The van der Waals surface area contributed by atoms with Crippen molar-refractivity contribution in [1.29, 1.82) is 0 Å². The molecule has 23 heavy (non-hydrogen) atoms. The van der Waals surface area contributed by atoms with Gasteiger partial charge >= 0.3 is 0 Å². The molecule has 0 radical (unpaired) electrons. The van der Waals surface area contributed by atoms with Crippen LogP contribution in [0.2, 0.25) is 0 Å². The Kier molecular flexibility index (Phi) is 8.28. The van der Waals surface area contributed by atoms with Crippen LogP contribution in [0.25, 0.3) is 0 Å². The number of benzene rings is 2. The third-order valence-corrected chi connectivity index (χ3v) is 3.84. The lowest BCUT2D eigenvalue weighted by Gasteiger charge is -2.25. The van der Waals surface area contributed by atoms with E-state index in [2.05, 4.69) is 36.1 Å². The topological polar surface area (TPSA) is 49.5 Å². The Hall–Kier alpha value is -1.39. The van der Waals surface area contributed by atoms with Crippen LogP contribution in [0.4, 0.5) is 0 Å². The van der Waals surface area contributed by atoms with Gasteiger partial charge < -0.3 is 10.8 Å². The molecule has 3 nitrogen and oxygen atoms in total. The maximum Gasteiger partial charge on any atom is 0.0820 e. The van der Waals surface area contributed by atoms with E-state index in [1.807, 2.05) is 37.4 Å². The smallest absolute Gasteiger partial charge is 0.0820 e. The quantitative estimate of drug-likeness (QED) is 0.818. The van der Waals surface area contributed by atoms with Gasteiger partial charge in [0.15, 0.2) is 0 Å². The third-order valence-electron chi connectivity index (χ3n) is 3.84. The predicted octanol–water partition coefficient (Wildman–Crippen LogP) is 2.78. The molecule has 0 heterocycles. The predicted molar refractivity (Wildman–Crippen MR) is 98.9 cm³/mol. The fourth-order valence-corrected chi connectivity index (χ4v) is 2.66. The van der Waals surface area contributed by atoms with Gasteiger partial charge in [-0.1, -0.05) is 60.2 Å². The number of likely N-dealkylation sites (N-methyl/N-ethyl adjacent to an activating group) is 1. The van der Waals surface area contributed by atoms with Crippen molar-refractivity contribution in [3.8, 4) is 0 Å². The minimum absolute atomic E-state index is 0. The Labute approximate surface area is 145 Å². The van der Waals surface area contributed by atoms with Crippen LogP contribution in [0.15, 0.2) is 54.6 Å². The van der Waals surface area contributed by atoms with Crippen molar-refractivity contribution in [2.45, 2.75) is 32.0 Å². The number of aryl methyl sites for hydroxylation is 1. The molecule has 2 aromatic carbocycles. The zero-order valence-electron chi connectivity index (χ0n) is 13.9. The second kappa shape index (κ2) is 9.68. The first-order valence-electron chi connectivity index (χ1n) is 7.76. The van der Waals surface area contributed by atoms with Crippen LogP contribution in [0, 0.1) is 6.92 Å². The summed E-state index contributed by atoms with van der Waals surface area (Å²) in [6.45, 7) is 3.48. The van der Waals surface area contributed by atoms with Crippen molar-refractivity contribution in [3.63, 3.8) is 0 Å². The van der Waals surface area contributed by atoms with Crippen molar-refractivity contribution in [3.05, 3.63) is 71.3 Å². The molecule has 0 aliphatic heterocycles. The van der Waals surface area contributed by atoms with Crippen LogP contribution >= 0.6 is 12.4 Å². The molecule has 2 rings (SSSR count). The Bertz CT molecular complexity index is 577. The third kappa shape index (κ3) is 6.71. The van der Waals surface area contributed by atoms with E-state index in [0.29, 0.717) is 13.0 Å². The van der Waals surface area contributed by atoms with Crippen molar-refractivity contribution in [1.82, 2.24) is 4.90 Å². The number of aliphatic hydroxyl groups excluding tert-OH is 1. The number of hydrogen-bond acceptors (Lipinski definition) is 3. The lowest BCUT2D eigenvalue weighted by molar-refractivity contribution is 0.0992. The molecule has 4 heteroatoms. The maximum absolute atomic E-state index is 10.3. The molecule has 0 bridgehead atoms. The monoisotopic (exact) mass is 334 g/mol. The molecule has 2 aromatic rings. The van der Waals surface area contributed by atoms with E-state index in [-0.39, 0.29) is 18.4 Å². The highest BCUT2D eigenvalue weighted by Crippen LogP contribution is 2.09. The summed E-state index contributed by atoms with van der Waals surface area (Å²) in [5.41, 5.74) is 9.81. The molecule has 0 aliphatic carbocycles. The van der Waals surface area contributed by atoms with Gasteiger partial charge in [-0.25, -0.2) is 0 Å². The SMILES string of the molecule is Cc1cccc(CN(C)C[C@@H](O)[C@@H](N)Cc2ccccc2)c1.Cl. The normalized spacial score (nSPS) is 13.4. The van der Waals surface area contributed by atoms with Crippen molar-refractivity contribution in [2.75, 3.05) is 13.6 Å². The molecular formula is C19H27ClN2O. The fraction of sp³-hybridized carbons (Fsp3) is 0.368. The number of nitrogens with zero attached hydrogens (tertiary/aromatic N) is 1. The zero-order valence-corrected chi connectivity index (χ0v) is 14.7. The van der Waals surface area contributed by atoms with E-state index in [9.17, 15) is 5.11 Å². The second-order valence-corrected chi connectivity index (χ2v) is 6.11. The average Bonchev–Trinajstić information content (AvgIpc) is 2.48. The summed E-state index contributed by atoms with van der Waals surface area (Å²) in [4.78, 5) is 2.12. The molecule has 0 fully saturated rings. The molecule has 0 aromatic heterocycles. The number of aliphatic hydroxyl groups is 1. The van der Waals surface area contributed by atoms with E-state index < -0.39 is 6.10 Å². The first-order valence-corrected chi connectivity index (χ1v) is 7.76. The van der Waals surface area contributed by atoms with Crippen LogP contribution in [-0.4, -0.2) is 35.7 Å². The highest BCUT2D eigenvalue weighted by Gasteiger charge is 2.17. The Morgan fingerprint density at radius 2 is 1.70 bits per heavy atom. The molecule has 2 atom stereocenters. The highest BCUT2D eigenvalue weighted by atomic mass is 35.5. The van der Waals surface area contributed by atoms with Gasteiger partial charge in [0.1, 0.15) is 0 Å². The summed E-state index contributed by atoms with van der Waals surface area (Å²) < 4.78 is 0. The molecule has 0 saturated heterocycles. The Balaban J connectivity index is 0.00000264. The van der Waals surface area contributed by atoms with Crippen LogP contribution in [0.5, 0.6) is 0 Å². The second-order valence-electron chi connectivity index (χ2n) is 6.11. The molecule has 0 aliphatic rings. The first kappa shape index (κ1) is 19.7. The lowest BCUT2D eigenvalue weighted by atomic mass is 10.0. The summed E-state index contributed by atoms with van der Waals surface area (Å²) in [5, 5.41) is 10.3. The Morgan fingerprint density at radius 3 is 2.35 bits per heavy atom. The molecule has 3 N–H and O–H groups in total.